The standard InChI is InChI=1S/C17H18N2O4/c1-11-7-13(4-6-14(11)21-2)19-17(20)18-9-12-3-5-15-16(8-12)23-10-22-15/h3-8H,9-10H2,1-2H3,(H2,18,19,20). The molecule has 2 amide bonds. The Morgan fingerprint density at radius 2 is 2.00 bits per heavy atom. The van der Waals surface area contributed by atoms with Crippen LogP contribution in [0, 0.1) is 6.92 Å². The van der Waals surface area contributed by atoms with Gasteiger partial charge in [0.05, 0.1) is 7.11 Å². The number of ether oxygens (including phenoxy) is 3. The van der Waals surface area contributed by atoms with Crippen LogP contribution in [0.15, 0.2) is 36.4 Å². The van der Waals surface area contributed by atoms with E-state index in [-0.39, 0.29) is 12.8 Å². The summed E-state index contributed by atoms with van der Waals surface area (Å²) >= 11 is 0. The van der Waals surface area contributed by atoms with Gasteiger partial charge in [-0.2, -0.15) is 0 Å². The molecule has 0 saturated heterocycles. The first-order valence-corrected chi connectivity index (χ1v) is 7.24. The van der Waals surface area contributed by atoms with Crippen molar-refractivity contribution >= 4 is 11.7 Å². The summed E-state index contributed by atoms with van der Waals surface area (Å²) in [6.07, 6.45) is 0. The van der Waals surface area contributed by atoms with Crippen LogP contribution in [0.2, 0.25) is 0 Å². The third kappa shape index (κ3) is 3.48. The molecule has 0 fully saturated rings. The van der Waals surface area contributed by atoms with Crippen molar-refractivity contribution in [3.05, 3.63) is 47.5 Å². The Morgan fingerprint density at radius 1 is 1.17 bits per heavy atom. The van der Waals surface area contributed by atoms with Gasteiger partial charge in [-0.05, 0) is 48.4 Å². The number of nitrogens with one attached hydrogen (secondary N) is 2. The van der Waals surface area contributed by atoms with Gasteiger partial charge < -0.3 is 24.8 Å². The van der Waals surface area contributed by atoms with E-state index in [1.54, 1.807) is 13.2 Å². The molecule has 0 unspecified atom stereocenters. The van der Waals surface area contributed by atoms with Crippen molar-refractivity contribution in [1.82, 2.24) is 5.32 Å². The molecule has 2 aromatic carbocycles. The highest BCUT2D eigenvalue weighted by Crippen LogP contribution is 2.32. The average Bonchev–Trinajstić information content (AvgIpc) is 3.01. The van der Waals surface area contributed by atoms with Crippen LogP contribution in [0.4, 0.5) is 10.5 Å². The molecule has 1 aliphatic heterocycles. The molecule has 0 spiro atoms. The quantitative estimate of drug-likeness (QED) is 0.910. The summed E-state index contributed by atoms with van der Waals surface area (Å²) < 4.78 is 15.8. The normalized spacial score (nSPS) is 11.9. The van der Waals surface area contributed by atoms with E-state index in [2.05, 4.69) is 10.6 Å². The van der Waals surface area contributed by atoms with Gasteiger partial charge in [0.15, 0.2) is 11.5 Å². The van der Waals surface area contributed by atoms with Crippen LogP contribution in [0.3, 0.4) is 0 Å². The molecular formula is C17H18N2O4. The Kier molecular flexibility index (Phi) is 4.23. The average molecular weight is 314 g/mol. The molecule has 1 aliphatic rings. The number of rotatable bonds is 4. The van der Waals surface area contributed by atoms with Crippen molar-refractivity contribution in [2.75, 3.05) is 19.2 Å². The highest BCUT2D eigenvalue weighted by atomic mass is 16.7. The lowest BCUT2D eigenvalue weighted by Gasteiger charge is -2.10. The molecule has 0 aliphatic carbocycles. The van der Waals surface area contributed by atoms with Crippen LogP contribution < -0.4 is 24.8 Å². The number of fused-ring (bicyclic) bond motifs is 1. The highest BCUT2D eigenvalue weighted by Gasteiger charge is 2.13. The summed E-state index contributed by atoms with van der Waals surface area (Å²) in [5, 5.41) is 5.60. The highest BCUT2D eigenvalue weighted by molar-refractivity contribution is 5.89. The Hall–Kier alpha value is -2.89. The van der Waals surface area contributed by atoms with Gasteiger partial charge in [0, 0.05) is 12.2 Å². The van der Waals surface area contributed by atoms with E-state index >= 15 is 0 Å². The number of hydrogen-bond acceptors (Lipinski definition) is 4. The zero-order chi connectivity index (χ0) is 16.2. The van der Waals surface area contributed by atoms with E-state index in [1.165, 1.54) is 0 Å². The topological polar surface area (TPSA) is 68.8 Å². The second-order valence-electron chi connectivity index (χ2n) is 5.18. The molecular weight excluding hydrogens is 296 g/mol. The molecule has 0 saturated carbocycles. The molecule has 6 nitrogen and oxygen atoms in total. The second-order valence-corrected chi connectivity index (χ2v) is 5.18. The molecule has 0 bridgehead atoms. The fraction of sp³-hybridized carbons (Fsp3) is 0.235. The molecule has 3 rings (SSSR count). The van der Waals surface area contributed by atoms with Gasteiger partial charge in [0.2, 0.25) is 6.79 Å². The molecule has 0 aromatic heterocycles. The van der Waals surface area contributed by atoms with Gasteiger partial charge in [0.1, 0.15) is 5.75 Å². The van der Waals surface area contributed by atoms with Crippen LogP contribution in [0.5, 0.6) is 17.2 Å². The Morgan fingerprint density at radius 3 is 2.78 bits per heavy atom. The molecule has 23 heavy (non-hydrogen) atoms. The molecule has 0 atom stereocenters. The maximum atomic E-state index is 12.0. The Bertz CT molecular complexity index is 731. The number of anilines is 1. The number of carbonyl (C=O) groups is 1. The largest absolute Gasteiger partial charge is 0.496 e. The van der Waals surface area contributed by atoms with E-state index in [4.69, 9.17) is 14.2 Å². The molecule has 6 heteroatoms. The lowest BCUT2D eigenvalue weighted by atomic mass is 10.2. The van der Waals surface area contributed by atoms with E-state index in [0.717, 1.165) is 22.6 Å². The van der Waals surface area contributed by atoms with Gasteiger partial charge in [0.25, 0.3) is 0 Å². The van der Waals surface area contributed by atoms with E-state index in [0.29, 0.717) is 18.0 Å². The van der Waals surface area contributed by atoms with Crippen molar-refractivity contribution in [3.8, 4) is 17.2 Å². The summed E-state index contributed by atoms with van der Waals surface area (Å²) in [5.41, 5.74) is 2.61. The lowest BCUT2D eigenvalue weighted by Crippen LogP contribution is -2.28. The van der Waals surface area contributed by atoms with Crippen molar-refractivity contribution in [2.45, 2.75) is 13.5 Å². The number of aryl methyl sites for hydroxylation is 1. The fourth-order valence-corrected chi connectivity index (χ4v) is 2.36. The molecule has 2 aromatic rings. The predicted molar refractivity (Wildman–Crippen MR) is 86.2 cm³/mol. The second kappa shape index (κ2) is 6.48. The van der Waals surface area contributed by atoms with E-state index < -0.39 is 0 Å². The number of amides is 2. The summed E-state index contributed by atoms with van der Waals surface area (Å²) in [6, 6.07) is 10.8. The van der Waals surface area contributed by atoms with Gasteiger partial charge in [-0.15, -0.1) is 0 Å². The predicted octanol–water partition coefficient (Wildman–Crippen LogP) is 3.05. The lowest BCUT2D eigenvalue weighted by molar-refractivity contribution is 0.174. The molecule has 0 radical (unpaired) electrons. The van der Waals surface area contributed by atoms with Gasteiger partial charge in [-0.25, -0.2) is 4.79 Å². The maximum Gasteiger partial charge on any atom is 0.319 e. The first-order valence-electron chi connectivity index (χ1n) is 7.24. The summed E-state index contributed by atoms with van der Waals surface area (Å²) in [7, 11) is 1.62. The van der Waals surface area contributed by atoms with Gasteiger partial charge in [-0.1, -0.05) is 6.07 Å². The van der Waals surface area contributed by atoms with Crippen molar-refractivity contribution in [3.63, 3.8) is 0 Å². The zero-order valence-electron chi connectivity index (χ0n) is 13.0. The monoisotopic (exact) mass is 314 g/mol. The van der Waals surface area contributed by atoms with Crippen molar-refractivity contribution < 1.29 is 19.0 Å². The SMILES string of the molecule is COc1ccc(NC(=O)NCc2ccc3c(c2)OCO3)cc1C. The number of carbonyl (C=O) groups excluding carboxylic acids is 1. The number of urea groups is 1. The number of benzene rings is 2. The van der Waals surface area contributed by atoms with Gasteiger partial charge >= 0.3 is 6.03 Å². The summed E-state index contributed by atoms with van der Waals surface area (Å²) in [5.74, 6) is 2.22. The summed E-state index contributed by atoms with van der Waals surface area (Å²) in [6.45, 7) is 2.57. The maximum absolute atomic E-state index is 12.0. The minimum Gasteiger partial charge on any atom is -0.496 e. The van der Waals surface area contributed by atoms with Crippen LogP contribution >= 0.6 is 0 Å². The Labute approximate surface area is 134 Å². The van der Waals surface area contributed by atoms with Gasteiger partial charge in [-0.3, -0.25) is 0 Å². The molecule has 1 heterocycles. The smallest absolute Gasteiger partial charge is 0.319 e. The first kappa shape index (κ1) is 15.0. The minimum absolute atomic E-state index is 0.240. The Balaban J connectivity index is 1.56. The molecule has 120 valence electrons. The first-order chi connectivity index (χ1) is 11.2. The number of methoxy groups -OCH3 is 1. The third-order valence-corrected chi connectivity index (χ3v) is 3.54. The van der Waals surface area contributed by atoms with Crippen LogP contribution in [0.1, 0.15) is 11.1 Å². The van der Waals surface area contributed by atoms with Crippen LogP contribution in [-0.4, -0.2) is 19.9 Å². The van der Waals surface area contributed by atoms with Crippen LogP contribution in [0.25, 0.3) is 0 Å². The fourth-order valence-electron chi connectivity index (χ4n) is 2.36. The summed E-state index contributed by atoms with van der Waals surface area (Å²) in [4.78, 5) is 12.0. The zero-order valence-corrected chi connectivity index (χ0v) is 13.0. The van der Waals surface area contributed by atoms with Crippen LogP contribution in [-0.2, 0) is 6.54 Å². The number of hydrogen-bond donors (Lipinski definition) is 2. The van der Waals surface area contributed by atoms with Crippen molar-refractivity contribution in [2.24, 2.45) is 0 Å². The minimum atomic E-state index is -0.271. The molecule has 2 N–H and O–H groups in total. The van der Waals surface area contributed by atoms with E-state index in [1.807, 2.05) is 37.3 Å². The third-order valence-electron chi connectivity index (χ3n) is 3.54. The van der Waals surface area contributed by atoms with E-state index in [9.17, 15) is 4.79 Å². The van der Waals surface area contributed by atoms with Crippen molar-refractivity contribution in [1.29, 1.82) is 0 Å².